The average molecular weight is 1080 g/mol. The summed E-state index contributed by atoms with van der Waals surface area (Å²) in [6.07, 6.45) is 0. The molecule has 0 aliphatic carbocycles. The number of hydrogen-bond acceptors (Lipinski definition) is 4. The zero-order chi connectivity index (χ0) is 53.4. The third kappa shape index (κ3) is 7.16. The molecule has 14 aromatic rings. The summed E-state index contributed by atoms with van der Waals surface area (Å²) in [4.78, 5) is 15.6. The number of rotatable bonds is 7. The molecule has 0 spiro atoms. The molecule has 0 bridgehead atoms. The SMILES string of the molecule is CC.c1ccc(S2(c3ccccc3)c3ccccc3N(c3ccc4oc5ccc(-c6ccc7sc8ccc(N9c%10ccccc%10S(c%10ccccc%10)(c%10ccccc%10)c%10ccccc%109)cc8c7c6)cc5c4c3)c3ccccc32)cc1. The summed E-state index contributed by atoms with van der Waals surface area (Å²) in [5.74, 6) is 0. The van der Waals surface area contributed by atoms with Gasteiger partial charge in [-0.15, -0.1) is 31.4 Å². The number of fused-ring (bicyclic) bond motifs is 10. The molecule has 0 atom stereocenters. The first-order valence-corrected chi connectivity index (χ1v) is 31.5. The number of para-hydroxylation sites is 4. The molecule has 384 valence electrons. The number of thiophene rings is 1. The Morgan fingerprint density at radius 2 is 0.588 bits per heavy atom. The smallest absolute Gasteiger partial charge is 0.135 e. The molecule has 2 aliphatic rings. The maximum absolute atomic E-state index is 6.66. The largest absolute Gasteiger partial charge is 0.456 e. The molecule has 0 N–H and O–H groups in total. The Balaban J connectivity index is 0.00000273. The van der Waals surface area contributed by atoms with E-state index in [-0.39, 0.29) is 0 Å². The number of hydrogen-bond donors (Lipinski definition) is 0. The van der Waals surface area contributed by atoms with Crippen molar-refractivity contribution in [1.29, 1.82) is 0 Å². The van der Waals surface area contributed by atoms with Gasteiger partial charge in [0, 0.05) is 81.5 Å². The van der Waals surface area contributed by atoms with Crippen LogP contribution in [-0.2, 0) is 0 Å². The van der Waals surface area contributed by atoms with Gasteiger partial charge in [-0.1, -0.05) is 147 Å². The molecular weight excluding hydrogens is 1030 g/mol. The maximum Gasteiger partial charge on any atom is 0.135 e. The summed E-state index contributed by atoms with van der Waals surface area (Å²) < 4.78 is 9.20. The molecule has 2 aromatic heterocycles. The number of furan rings is 1. The molecule has 3 nitrogen and oxygen atoms in total. The van der Waals surface area contributed by atoms with Gasteiger partial charge in [-0.2, -0.15) is 0 Å². The van der Waals surface area contributed by atoms with Crippen molar-refractivity contribution >= 4 is 108 Å². The average Bonchev–Trinajstić information content (AvgIpc) is 3.71. The Morgan fingerprint density at radius 3 is 1.01 bits per heavy atom. The van der Waals surface area contributed by atoms with Crippen LogP contribution in [0.25, 0.3) is 53.2 Å². The van der Waals surface area contributed by atoms with Crippen molar-refractivity contribution < 1.29 is 4.42 Å². The number of nitrogens with zero attached hydrogens (tertiary/aromatic N) is 2. The van der Waals surface area contributed by atoms with Crippen LogP contribution in [-0.4, -0.2) is 0 Å². The molecule has 4 heterocycles. The van der Waals surface area contributed by atoms with E-state index in [9.17, 15) is 0 Å². The molecule has 16 rings (SSSR count). The molecular formula is C74H54N2OS3. The third-order valence-corrected chi connectivity index (χ3v) is 25.0. The van der Waals surface area contributed by atoms with Crippen LogP contribution in [0.5, 0.6) is 0 Å². The predicted molar refractivity (Wildman–Crippen MR) is 340 cm³/mol. The van der Waals surface area contributed by atoms with Gasteiger partial charge in [-0.05, 0) is 169 Å². The lowest BCUT2D eigenvalue weighted by molar-refractivity contribution is 0.669. The second-order valence-corrected chi connectivity index (χ2v) is 27.2. The summed E-state index contributed by atoms with van der Waals surface area (Å²) in [5, 5.41) is 4.70. The van der Waals surface area contributed by atoms with Gasteiger partial charge in [0.15, 0.2) is 0 Å². The van der Waals surface area contributed by atoms with E-state index in [1.54, 1.807) is 0 Å². The lowest BCUT2D eigenvalue weighted by Gasteiger charge is -2.49. The Morgan fingerprint density at radius 1 is 0.287 bits per heavy atom. The van der Waals surface area contributed by atoms with Crippen molar-refractivity contribution in [2.75, 3.05) is 9.80 Å². The highest BCUT2D eigenvalue weighted by molar-refractivity contribution is 8.34. The monoisotopic (exact) mass is 1080 g/mol. The summed E-state index contributed by atoms with van der Waals surface area (Å²) in [6.45, 7) is 4.00. The Bertz CT molecular complexity index is 4170. The Kier molecular flexibility index (Phi) is 11.7. The van der Waals surface area contributed by atoms with Gasteiger partial charge in [-0.3, -0.25) is 0 Å². The Labute approximate surface area is 473 Å². The van der Waals surface area contributed by atoms with Crippen LogP contribution in [0.4, 0.5) is 34.1 Å². The highest BCUT2D eigenvalue weighted by Gasteiger charge is 2.44. The second kappa shape index (κ2) is 19.4. The van der Waals surface area contributed by atoms with E-state index >= 15 is 0 Å². The van der Waals surface area contributed by atoms with Gasteiger partial charge < -0.3 is 14.2 Å². The lowest BCUT2D eigenvalue weighted by Crippen LogP contribution is -2.21. The first kappa shape index (κ1) is 48.1. The van der Waals surface area contributed by atoms with E-state index in [0.717, 1.165) is 38.9 Å². The van der Waals surface area contributed by atoms with Crippen LogP contribution in [0, 0.1) is 0 Å². The summed E-state index contributed by atoms with van der Waals surface area (Å²) >= 11 is 1.86. The van der Waals surface area contributed by atoms with Crippen LogP contribution in [0.2, 0.25) is 0 Å². The van der Waals surface area contributed by atoms with Crippen molar-refractivity contribution in [1.82, 2.24) is 0 Å². The van der Waals surface area contributed by atoms with Crippen molar-refractivity contribution in [3.63, 3.8) is 0 Å². The van der Waals surface area contributed by atoms with E-state index in [2.05, 4.69) is 301 Å². The van der Waals surface area contributed by atoms with Crippen molar-refractivity contribution in [3.8, 4) is 11.1 Å². The van der Waals surface area contributed by atoms with Gasteiger partial charge in [0.1, 0.15) is 11.2 Å². The molecule has 12 aromatic carbocycles. The normalized spacial score (nSPS) is 14.6. The molecule has 0 fully saturated rings. The van der Waals surface area contributed by atoms with Crippen molar-refractivity contribution in [2.45, 2.75) is 53.0 Å². The van der Waals surface area contributed by atoms with Crippen LogP contribution >= 0.6 is 31.4 Å². The van der Waals surface area contributed by atoms with Crippen LogP contribution in [0.1, 0.15) is 13.8 Å². The van der Waals surface area contributed by atoms with Crippen LogP contribution in [0.3, 0.4) is 0 Å². The van der Waals surface area contributed by atoms with Gasteiger partial charge in [0.25, 0.3) is 0 Å². The topological polar surface area (TPSA) is 19.6 Å². The molecule has 0 amide bonds. The maximum atomic E-state index is 6.66. The molecule has 0 saturated heterocycles. The summed E-state index contributed by atoms with van der Waals surface area (Å²) in [6, 6.07) is 108. The fourth-order valence-electron chi connectivity index (χ4n) is 12.6. The summed E-state index contributed by atoms with van der Waals surface area (Å²) in [5.41, 5.74) is 11.1. The predicted octanol–water partition coefficient (Wildman–Crippen LogP) is 22.9. The van der Waals surface area contributed by atoms with Crippen molar-refractivity contribution in [2.24, 2.45) is 0 Å². The third-order valence-electron chi connectivity index (χ3n) is 15.9. The van der Waals surface area contributed by atoms with E-state index in [1.807, 2.05) is 25.2 Å². The quantitative estimate of drug-likeness (QED) is 0.159. The van der Waals surface area contributed by atoms with E-state index in [1.165, 1.54) is 87.6 Å². The van der Waals surface area contributed by atoms with E-state index in [4.69, 9.17) is 4.42 Å². The minimum atomic E-state index is -1.86. The molecule has 0 radical (unpaired) electrons. The fraction of sp³-hybridized carbons (Fsp3) is 0.0270. The van der Waals surface area contributed by atoms with Gasteiger partial charge in [-0.25, -0.2) is 0 Å². The molecule has 80 heavy (non-hydrogen) atoms. The Hall–Kier alpha value is -9.04. The minimum Gasteiger partial charge on any atom is -0.456 e. The first-order chi connectivity index (χ1) is 39.7. The number of anilines is 6. The second-order valence-electron chi connectivity index (χ2n) is 20.0. The zero-order valence-corrected chi connectivity index (χ0v) is 46.7. The zero-order valence-electron chi connectivity index (χ0n) is 44.2. The molecule has 0 unspecified atom stereocenters. The molecule has 6 heteroatoms. The fourth-order valence-corrected chi connectivity index (χ4v) is 22.0. The van der Waals surface area contributed by atoms with Gasteiger partial charge in [0.05, 0.1) is 22.7 Å². The lowest BCUT2D eigenvalue weighted by atomic mass is 10.0. The van der Waals surface area contributed by atoms with Crippen LogP contribution < -0.4 is 9.80 Å². The van der Waals surface area contributed by atoms with E-state index < -0.39 is 20.1 Å². The van der Waals surface area contributed by atoms with Gasteiger partial charge >= 0.3 is 0 Å². The molecule has 0 saturated carbocycles. The first-order valence-electron chi connectivity index (χ1n) is 27.4. The van der Waals surface area contributed by atoms with Gasteiger partial charge in [0.2, 0.25) is 0 Å². The minimum absolute atomic E-state index is 0.872. The summed E-state index contributed by atoms with van der Waals surface area (Å²) in [7, 11) is -3.71. The van der Waals surface area contributed by atoms with E-state index in [0.29, 0.717) is 0 Å². The number of benzene rings is 12. The highest BCUT2D eigenvalue weighted by Crippen LogP contribution is 2.81. The molecule has 2 aliphatic heterocycles. The highest BCUT2D eigenvalue weighted by atomic mass is 32.3. The standard InChI is InChI=1S/C72H48N2OS3.C2H6/c1-5-21-53(22-6-1)77(54-23-7-2-8-24-54)69-33-17-13-29-61(69)73(62-30-14-18-34-70(62)77)51-39-42-66-58(47-51)57-45-49(37-41-65(57)75-66)50-38-43-67-59(46-50)60-48-52(40-44-68(60)76-67)74-63-31-15-19-35-71(63)78(55-25-9-3-10-26-55,56-27-11-4-12-28-56)72-36-20-16-32-64(72)74;1-2/h1-48H;1-2H3. The van der Waals surface area contributed by atoms with Crippen LogP contribution in [0.15, 0.2) is 335 Å². The van der Waals surface area contributed by atoms with Crippen molar-refractivity contribution in [3.05, 3.63) is 291 Å².